The van der Waals surface area contributed by atoms with Gasteiger partial charge in [0.15, 0.2) is 5.78 Å². The Kier molecular flexibility index (Phi) is 2.83. The van der Waals surface area contributed by atoms with E-state index < -0.39 is 0 Å². The van der Waals surface area contributed by atoms with E-state index in [-0.39, 0.29) is 18.2 Å². The second-order valence-electron chi connectivity index (χ2n) is 2.99. The molecule has 15 heavy (non-hydrogen) atoms. The van der Waals surface area contributed by atoms with Gasteiger partial charge in [-0.25, -0.2) is 4.98 Å². The molecule has 2 heterocycles. The van der Waals surface area contributed by atoms with Crippen LogP contribution in [-0.4, -0.2) is 22.4 Å². The number of anilines is 1. The summed E-state index contributed by atoms with van der Waals surface area (Å²) in [5.74, 6) is -0.118. The first-order chi connectivity index (χ1) is 7.09. The Balaban J connectivity index is 2.35. The van der Waals surface area contributed by atoms with Gasteiger partial charge in [-0.15, -0.1) is 0 Å². The van der Waals surface area contributed by atoms with E-state index in [9.17, 15) is 9.90 Å². The van der Waals surface area contributed by atoms with E-state index in [1.807, 2.05) is 22.6 Å². The highest BCUT2D eigenvalue weighted by molar-refractivity contribution is 14.1. The molecule has 0 spiro atoms. The number of halogens is 2. The molecule has 6 heteroatoms. The molecule has 1 aromatic rings. The van der Waals surface area contributed by atoms with Crippen LogP contribution >= 0.6 is 34.2 Å². The largest absolute Gasteiger partial charge is 0.494 e. The van der Waals surface area contributed by atoms with Crippen molar-refractivity contribution in [3.05, 3.63) is 32.9 Å². The normalized spacial score (nSPS) is 16.4. The number of pyridine rings is 1. The maximum Gasteiger partial charge on any atom is 0.209 e. The first-order valence-electron chi connectivity index (χ1n) is 4.10. The number of carbonyl (C=O) groups is 1. The molecule has 1 N–H and O–H groups in total. The van der Waals surface area contributed by atoms with Gasteiger partial charge in [0.25, 0.3) is 0 Å². The summed E-state index contributed by atoms with van der Waals surface area (Å²) in [6.45, 7) is 0.146. The van der Waals surface area contributed by atoms with Gasteiger partial charge in [-0.2, -0.15) is 0 Å². The molecule has 0 aliphatic carbocycles. The molecule has 1 aliphatic heterocycles. The maximum absolute atomic E-state index is 11.3. The molecule has 0 radical (unpaired) electrons. The number of nitrogens with zero attached hydrogens (tertiary/aromatic N) is 2. The van der Waals surface area contributed by atoms with E-state index in [1.165, 1.54) is 11.1 Å². The third-order valence-corrected chi connectivity index (χ3v) is 3.33. The minimum absolute atomic E-state index is 0.0234. The third-order valence-electron chi connectivity index (χ3n) is 2.02. The van der Waals surface area contributed by atoms with Gasteiger partial charge in [0.05, 0.1) is 18.4 Å². The van der Waals surface area contributed by atoms with Crippen LogP contribution < -0.4 is 4.90 Å². The van der Waals surface area contributed by atoms with E-state index in [4.69, 9.17) is 11.6 Å². The molecule has 0 saturated heterocycles. The van der Waals surface area contributed by atoms with Crippen molar-refractivity contribution in [3.8, 4) is 0 Å². The van der Waals surface area contributed by atoms with Gasteiger partial charge in [-0.1, -0.05) is 11.6 Å². The lowest BCUT2D eigenvalue weighted by molar-refractivity contribution is -0.113. The van der Waals surface area contributed by atoms with Gasteiger partial charge in [0, 0.05) is 0 Å². The summed E-state index contributed by atoms with van der Waals surface area (Å²) in [6, 6.07) is 3.31. The van der Waals surface area contributed by atoms with Crippen molar-refractivity contribution in [1.82, 2.24) is 4.98 Å². The van der Waals surface area contributed by atoms with Crippen molar-refractivity contribution in [2.45, 2.75) is 0 Å². The highest BCUT2D eigenvalue weighted by atomic mass is 127. The number of hydrogen-bond donors (Lipinski definition) is 1. The number of carbonyl (C=O) groups excluding carboxylic acids is 1. The second kappa shape index (κ2) is 3.97. The molecule has 1 aromatic heterocycles. The summed E-state index contributed by atoms with van der Waals surface area (Å²) in [5.41, 5.74) is 0.650. The van der Waals surface area contributed by atoms with Crippen molar-refractivity contribution < 1.29 is 9.90 Å². The molecular formula is C9H6ClIN2O2. The summed E-state index contributed by atoms with van der Waals surface area (Å²) in [7, 11) is 0. The lowest BCUT2D eigenvalue weighted by atomic mass is 10.4. The molecule has 2 rings (SSSR count). The van der Waals surface area contributed by atoms with Gasteiger partial charge >= 0.3 is 0 Å². The zero-order valence-corrected chi connectivity index (χ0v) is 10.4. The van der Waals surface area contributed by atoms with E-state index in [0.717, 1.165) is 0 Å². The average molecular weight is 337 g/mol. The highest BCUT2D eigenvalue weighted by Crippen LogP contribution is 2.28. The summed E-state index contributed by atoms with van der Waals surface area (Å²) in [6.07, 6.45) is 1.51. The number of aliphatic hydroxyl groups is 1. The molecule has 4 nitrogen and oxygen atoms in total. The molecule has 0 unspecified atom stereocenters. The lowest BCUT2D eigenvalue weighted by Crippen LogP contribution is -2.21. The van der Waals surface area contributed by atoms with Crippen LogP contribution in [0, 0.1) is 0 Å². The molecule has 0 bridgehead atoms. The summed E-state index contributed by atoms with van der Waals surface area (Å²) in [4.78, 5) is 16.7. The first kappa shape index (κ1) is 10.7. The topological polar surface area (TPSA) is 53.4 Å². The number of Topliss-reactive ketones (excluding diaryl/α,β-unsaturated/α-hetero) is 1. The zero-order chi connectivity index (χ0) is 11.0. The monoisotopic (exact) mass is 336 g/mol. The summed E-state index contributed by atoms with van der Waals surface area (Å²) < 4.78 is 0.350. The van der Waals surface area contributed by atoms with Crippen LogP contribution in [-0.2, 0) is 4.79 Å². The fourth-order valence-corrected chi connectivity index (χ4v) is 1.85. The van der Waals surface area contributed by atoms with E-state index in [1.54, 1.807) is 12.1 Å². The Morgan fingerprint density at radius 3 is 2.73 bits per heavy atom. The summed E-state index contributed by atoms with van der Waals surface area (Å²) in [5, 5.41) is 10.0. The minimum atomic E-state index is -0.0944. The van der Waals surface area contributed by atoms with Crippen LogP contribution in [0.5, 0.6) is 0 Å². The number of rotatable bonds is 1. The van der Waals surface area contributed by atoms with Crippen LogP contribution in [0.25, 0.3) is 0 Å². The van der Waals surface area contributed by atoms with Crippen LogP contribution in [0.3, 0.4) is 0 Å². The summed E-state index contributed by atoms with van der Waals surface area (Å²) >= 11 is 7.46. The van der Waals surface area contributed by atoms with Crippen molar-refractivity contribution >= 4 is 45.7 Å². The van der Waals surface area contributed by atoms with Gasteiger partial charge in [0.2, 0.25) is 5.88 Å². The van der Waals surface area contributed by atoms with E-state index >= 15 is 0 Å². The number of ketones is 1. The van der Waals surface area contributed by atoms with Crippen LogP contribution in [0.4, 0.5) is 5.69 Å². The van der Waals surface area contributed by atoms with Gasteiger partial charge in [-0.3, -0.25) is 4.79 Å². The number of aliphatic hydroxyl groups excluding tert-OH is 1. The zero-order valence-electron chi connectivity index (χ0n) is 7.44. The molecule has 0 fully saturated rings. The molecular weight excluding hydrogens is 330 g/mol. The highest BCUT2D eigenvalue weighted by Gasteiger charge is 2.29. The molecule has 0 saturated carbocycles. The van der Waals surface area contributed by atoms with Gasteiger partial charge in [0.1, 0.15) is 8.73 Å². The van der Waals surface area contributed by atoms with E-state index in [0.29, 0.717) is 14.4 Å². The fraction of sp³-hybridized carbons (Fsp3) is 0.111. The van der Waals surface area contributed by atoms with Gasteiger partial charge < -0.3 is 10.0 Å². The first-order valence-corrected chi connectivity index (χ1v) is 5.56. The third kappa shape index (κ3) is 1.93. The Hall–Kier alpha value is -0.820. The quantitative estimate of drug-likeness (QED) is 0.631. The Labute approximate surface area is 105 Å². The molecule has 0 amide bonds. The predicted molar refractivity (Wildman–Crippen MR) is 65.3 cm³/mol. The van der Waals surface area contributed by atoms with Crippen LogP contribution in [0.2, 0.25) is 5.15 Å². The molecule has 1 aliphatic rings. The second-order valence-corrected chi connectivity index (χ2v) is 4.45. The molecule has 0 aromatic carbocycles. The minimum Gasteiger partial charge on any atom is -0.494 e. The van der Waals surface area contributed by atoms with Crippen molar-refractivity contribution in [2.75, 3.05) is 11.4 Å². The number of aromatic nitrogens is 1. The maximum atomic E-state index is 11.3. The molecule has 0 atom stereocenters. The Morgan fingerprint density at radius 1 is 1.53 bits per heavy atom. The number of hydrogen-bond acceptors (Lipinski definition) is 4. The fourth-order valence-electron chi connectivity index (χ4n) is 1.27. The standard InChI is InChI=1S/C9H6ClIN2O2/c10-7-2-1-5(3-12-7)13-4-6(14)8(11)9(13)15/h1-3,15H,4H2. The van der Waals surface area contributed by atoms with E-state index in [2.05, 4.69) is 4.98 Å². The van der Waals surface area contributed by atoms with Gasteiger partial charge in [-0.05, 0) is 34.7 Å². The Morgan fingerprint density at radius 2 is 2.27 bits per heavy atom. The average Bonchev–Trinajstić information content (AvgIpc) is 2.47. The Bertz CT molecular complexity index is 444. The van der Waals surface area contributed by atoms with Crippen molar-refractivity contribution in [3.63, 3.8) is 0 Å². The SMILES string of the molecule is O=C1CN(c2ccc(Cl)nc2)C(O)=C1I. The lowest BCUT2D eigenvalue weighted by Gasteiger charge is -2.16. The smallest absolute Gasteiger partial charge is 0.209 e. The van der Waals surface area contributed by atoms with Crippen LogP contribution in [0.15, 0.2) is 27.8 Å². The van der Waals surface area contributed by atoms with Crippen LogP contribution in [0.1, 0.15) is 0 Å². The predicted octanol–water partition coefficient (Wildman–Crippen LogP) is 2.29. The van der Waals surface area contributed by atoms with Crippen molar-refractivity contribution in [1.29, 1.82) is 0 Å². The van der Waals surface area contributed by atoms with Crippen molar-refractivity contribution in [2.24, 2.45) is 0 Å². The molecule has 78 valence electrons.